The molecule has 5 heteroatoms. The Kier molecular flexibility index (Phi) is 3.00. The van der Waals surface area contributed by atoms with Crippen LogP contribution < -0.4 is 0 Å². The van der Waals surface area contributed by atoms with Crippen molar-refractivity contribution in [3.8, 4) is 0 Å². The summed E-state index contributed by atoms with van der Waals surface area (Å²) in [6.45, 7) is 1.82. The first-order valence-corrected chi connectivity index (χ1v) is 5.87. The number of rotatable bonds is 2. The normalized spacial score (nSPS) is 28.6. The Morgan fingerprint density at radius 3 is 2.28 bits per heavy atom. The summed E-state index contributed by atoms with van der Waals surface area (Å²) in [6, 6.07) is 0. The minimum Gasteiger partial charge on any atom is -0.468 e. The first kappa shape index (κ1) is 12.8. The number of hydrogen-bond acceptors (Lipinski definition) is 5. The maximum atomic E-state index is 11.9. The molecule has 0 unspecified atom stereocenters. The molecule has 2 atom stereocenters. The highest BCUT2D eigenvalue weighted by Gasteiger charge is 2.58. The van der Waals surface area contributed by atoms with E-state index in [0.717, 1.165) is 5.57 Å². The van der Waals surface area contributed by atoms with Crippen LogP contribution in [0.25, 0.3) is 0 Å². The molecule has 0 aromatic rings. The molecule has 0 saturated heterocycles. The maximum absolute atomic E-state index is 11.9. The van der Waals surface area contributed by atoms with Gasteiger partial charge in [0.25, 0.3) is 0 Å². The Morgan fingerprint density at radius 2 is 1.83 bits per heavy atom. The van der Waals surface area contributed by atoms with Crippen molar-refractivity contribution in [1.82, 2.24) is 0 Å². The number of esters is 2. The van der Waals surface area contributed by atoms with Crippen molar-refractivity contribution < 1.29 is 23.9 Å². The third-order valence-electron chi connectivity index (χ3n) is 4.08. The second-order valence-corrected chi connectivity index (χ2v) is 4.96. The van der Waals surface area contributed by atoms with E-state index in [9.17, 15) is 14.4 Å². The van der Waals surface area contributed by atoms with E-state index in [2.05, 4.69) is 0 Å². The molecule has 0 N–H and O–H groups in total. The van der Waals surface area contributed by atoms with Crippen molar-refractivity contribution >= 4 is 17.7 Å². The fraction of sp³-hybridized carbons (Fsp3) is 0.615. The predicted octanol–water partition coefficient (Wildman–Crippen LogP) is 0.874. The fourth-order valence-electron chi connectivity index (χ4n) is 3.01. The van der Waals surface area contributed by atoms with Gasteiger partial charge in [-0.1, -0.05) is 12.5 Å². The van der Waals surface area contributed by atoms with E-state index < -0.39 is 17.4 Å². The van der Waals surface area contributed by atoms with Gasteiger partial charge in [0, 0.05) is 5.92 Å². The molecule has 5 nitrogen and oxygen atoms in total. The third kappa shape index (κ3) is 1.57. The van der Waals surface area contributed by atoms with Crippen LogP contribution in [0, 0.1) is 17.3 Å². The lowest BCUT2D eigenvalue weighted by Crippen LogP contribution is -2.39. The molecular weight excluding hydrogens is 236 g/mol. The highest BCUT2D eigenvalue weighted by molar-refractivity contribution is 6.03. The summed E-state index contributed by atoms with van der Waals surface area (Å²) in [5, 5.41) is 0. The zero-order valence-electron chi connectivity index (χ0n) is 10.7. The molecule has 0 radical (unpaired) electrons. The van der Waals surface area contributed by atoms with Gasteiger partial charge in [0.05, 0.1) is 14.2 Å². The second kappa shape index (κ2) is 4.23. The molecule has 0 spiro atoms. The predicted molar refractivity (Wildman–Crippen MR) is 61.4 cm³/mol. The van der Waals surface area contributed by atoms with Crippen LogP contribution in [0.1, 0.15) is 19.8 Å². The minimum absolute atomic E-state index is 0.0456. The van der Waals surface area contributed by atoms with Crippen molar-refractivity contribution in [3.63, 3.8) is 0 Å². The maximum Gasteiger partial charge on any atom is 0.323 e. The Hall–Kier alpha value is -1.65. The Morgan fingerprint density at radius 1 is 1.28 bits per heavy atom. The van der Waals surface area contributed by atoms with Crippen LogP contribution >= 0.6 is 0 Å². The zero-order valence-corrected chi connectivity index (χ0v) is 10.7. The topological polar surface area (TPSA) is 69.7 Å². The molecular formula is C13H16O5. The number of ether oxygens (including phenoxy) is 2. The summed E-state index contributed by atoms with van der Waals surface area (Å²) in [7, 11) is 2.51. The van der Waals surface area contributed by atoms with Gasteiger partial charge in [-0.2, -0.15) is 0 Å². The van der Waals surface area contributed by atoms with Crippen molar-refractivity contribution in [3.05, 3.63) is 11.6 Å². The summed E-state index contributed by atoms with van der Waals surface area (Å²) in [6.07, 6.45) is 2.08. The van der Waals surface area contributed by atoms with Crippen LogP contribution in [0.2, 0.25) is 0 Å². The largest absolute Gasteiger partial charge is 0.468 e. The second-order valence-electron chi connectivity index (χ2n) is 4.96. The smallest absolute Gasteiger partial charge is 0.323 e. The minimum atomic E-state index is -1.27. The lowest BCUT2D eigenvalue weighted by molar-refractivity contribution is -0.169. The average molecular weight is 252 g/mol. The molecule has 1 saturated carbocycles. The van der Waals surface area contributed by atoms with E-state index in [1.54, 1.807) is 6.08 Å². The Bertz CT molecular complexity index is 432. The highest BCUT2D eigenvalue weighted by atomic mass is 16.5. The number of hydrogen-bond donors (Lipinski definition) is 0. The number of carbonyl (C=O) groups excluding carboxylic acids is 3. The van der Waals surface area contributed by atoms with Crippen LogP contribution in [0.3, 0.4) is 0 Å². The monoisotopic (exact) mass is 252 g/mol. The molecule has 2 aliphatic carbocycles. The standard InChI is InChI=1S/C13H16O5/c1-7-9-6-13(11(15)17-2,12(16)18-3)5-8(9)4-10(7)14/h4,7,9H,5-6H2,1-3H3/t7-,9-/m1/s1. The molecule has 18 heavy (non-hydrogen) atoms. The summed E-state index contributed by atoms with van der Waals surface area (Å²) in [5.74, 6) is -1.31. The Labute approximate surface area is 105 Å². The van der Waals surface area contributed by atoms with Crippen molar-refractivity contribution in [2.45, 2.75) is 19.8 Å². The first-order valence-electron chi connectivity index (χ1n) is 5.87. The first-order chi connectivity index (χ1) is 8.46. The number of fused-ring (bicyclic) bond motifs is 1. The molecule has 98 valence electrons. The molecule has 0 aromatic carbocycles. The molecule has 1 fully saturated rings. The summed E-state index contributed by atoms with van der Waals surface area (Å²) in [4.78, 5) is 35.4. The van der Waals surface area contributed by atoms with Gasteiger partial charge in [-0.05, 0) is 24.8 Å². The summed E-state index contributed by atoms with van der Waals surface area (Å²) < 4.78 is 9.47. The molecule has 2 rings (SSSR count). The quantitative estimate of drug-likeness (QED) is 0.539. The third-order valence-corrected chi connectivity index (χ3v) is 4.08. The van der Waals surface area contributed by atoms with Crippen molar-refractivity contribution in [1.29, 1.82) is 0 Å². The lowest BCUT2D eigenvalue weighted by Gasteiger charge is -2.23. The van der Waals surface area contributed by atoms with E-state index in [1.807, 2.05) is 6.92 Å². The molecule has 0 aromatic heterocycles. The molecule has 2 aliphatic rings. The van der Waals surface area contributed by atoms with E-state index in [4.69, 9.17) is 9.47 Å². The van der Waals surface area contributed by atoms with E-state index in [-0.39, 0.29) is 24.0 Å². The Balaban J connectivity index is 2.37. The average Bonchev–Trinajstić information content (AvgIpc) is 2.86. The van der Waals surface area contributed by atoms with Gasteiger partial charge in [-0.15, -0.1) is 0 Å². The van der Waals surface area contributed by atoms with Gasteiger partial charge in [0.15, 0.2) is 11.2 Å². The van der Waals surface area contributed by atoms with E-state index in [0.29, 0.717) is 6.42 Å². The van der Waals surface area contributed by atoms with Gasteiger partial charge in [-0.3, -0.25) is 14.4 Å². The van der Waals surface area contributed by atoms with Gasteiger partial charge >= 0.3 is 11.9 Å². The number of ketones is 1. The molecule has 0 amide bonds. The van der Waals surface area contributed by atoms with Crippen molar-refractivity contribution in [2.24, 2.45) is 17.3 Å². The van der Waals surface area contributed by atoms with Crippen LogP contribution in [-0.4, -0.2) is 31.9 Å². The van der Waals surface area contributed by atoms with Gasteiger partial charge in [-0.25, -0.2) is 0 Å². The fourth-order valence-corrected chi connectivity index (χ4v) is 3.01. The lowest BCUT2D eigenvalue weighted by atomic mass is 9.82. The summed E-state index contributed by atoms with van der Waals surface area (Å²) >= 11 is 0. The van der Waals surface area contributed by atoms with Gasteiger partial charge in [0.2, 0.25) is 0 Å². The van der Waals surface area contributed by atoms with Crippen molar-refractivity contribution in [2.75, 3.05) is 14.2 Å². The highest BCUT2D eigenvalue weighted by Crippen LogP contribution is 2.52. The molecule has 0 bridgehead atoms. The molecule has 0 aliphatic heterocycles. The van der Waals surface area contributed by atoms with E-state index >= 15 is 0 Å². The summed E-state index contributed by atoms with van der Waals surface area (Å²) in [5.41, 5.74) is -0.405. The van der Waals surface area contributed by atoms with Crippen LogP contribution in [0.4, 0.5) is 0 Å². The van der Waals surface area contributed by atoms with Gasteiger partial charge in [0.1, 0.15) is 0 Å². The molecule has 0 heterocycles. The van der Waals surface area contributed by atoms with Crippen LogP contribution in [-0.2, 0) is 23.9 Å². The van der Waals surface area contributed by atoms with Crippen LogP contribution in [0.5, 0.6) is 0 Å². The van der Waals surface area contributed by atoms with Gasteiger partial charge < -0.3 is 9.47 Å². The number of methoxy groups -OCH3 is 2. The van der Waals surface area contributed by atoms with Crippen LogP contribution in [0.15, 0.2) is 11.6 Å². The van der Waals surface area contributed by atoms with E-state index in [1.165, 1.54) is 14.2 Å². The number of carbonyl (C=O) groups is 3. The SMILES string of the molecule is COC(=O)C1(C(=O)OC)CC2=CC(=O)[C@H](C)[C@H]2C1. The number of allylic oxidation sites excluding steroid dienone is 2. The zero-order chi connectivity index (χ0) is 13.5.